The average Bonchev–Trinajstić information content (AvgIpc) is 3.53. The second-order valence-corrected chi connectivity index (χ2v) is 7.83. The zero-order chi connectivity index (χ0) is 20.7. The van der Waals surface area contributed by atoms with Gasteiger partial charge in [0.25, 0.3) is 5.56 Å². The third kappa shape index (κ3) is 3.62. The number of hydrogen-bond acceptors (Lipinski definition) is 5. The number of ether oxygens (including phenoxy) is 2. The number of piperidine rings is 1. The lowest BCUT2D eigenvalue weighted by Crippen LogP contribution is -2.38. The van der Waals surface area contributed by atoms with Crippen molar-refractivity contribution in [1.29, 1.82) is 0 Å². The van der Waals surface area contributed by atoms with E-state index in [1.165, 1.54) is 10.5 Å². The van der Waals surface area contributed by atoms with Crippen molar-refractivity contribution in [3.8, 4) is 0 Å². The van der Waals surface area contributed by atoms with Crippen LogP contribution in [0.1, 0.15) is 53.1 Å². The first-order valence-corrected chi connectivity index (χ1v) is 9.89. The molecule has 29 heavy (non-hydrogen) atoms. The van der Waals surface area contributed by atoms with Gasteiger partial charge in [-0.15, -0.1) is 0 Å². The number of rotatable bonds is 6. The maximum absolute atomic E-state index is 15.1. The highest BCUT2D eigenvalue weighted by Gasteiger charge is 2.31. The first kappa shape index (κ1) is 19.8. The number of aromatic carboxylic acids is 1. The highest BCUT2D eigenvalue weighted by atomic mass is 19.1. The van der Waals surface area contributed by atoms with Crippen molar-refractivity contribution >= 4 is 17.2 Å². The minimum Gasteiger partial charge on any atom is -0.477 e. The van der Waals surface area contributed by atoms with E-state index < -0.39 is 17.3 Å². The lowest BCUT2D eigenvalue weighted by atomic mass is 10.0. The van der Waals surface area contributed by atoms with Crippen molar-refractivity contribution in [2.24, 2.45) is 0 Å². The van der Waals surface area contributed by atoms with Crippen LogP contribution in [0.3, 0.4) is 0 Å². The van der Waals surface area contributed by atoms with Gasteiger partial charge in [0.2, 0.25) is 0 Å². The van der Waals surface area contributed by atoms with E-state index in [1.54, 1.807) is 7.11 Å². The Morgan fingerprint density at radius 3 is 2.55 bits per heavy atom. The van der Waals surface area contributed by atoms with Crippen LogP contribution in [0.15, 0.2) is 17.1 Å². The van der Waals surface area contributed by atoms with Gasteiger partial charge in [-0.2, -0.15) is 0 Å². The molecule has 2 aliphatic rings. The number of nitrogens with zero attached hydrogens (tertiary/aromatic N) is 2. The Balaban J connectivity index is 1.77. The van der Waals surface area contributed by atoms with E-state index in [0.29, 0.717) is 29.9 Å². The van der Waals surface area contributed by atoms with Gasteiger partial charge in [0.15, 0.2) is 5.82 Å². The Kier molecular flexibility index (Phi) is 5.31. The number of fused-ring (bicyclic) bond motifs is 1. The van der Waals surface area contributed by atoms with Crippen molar-refractivity contribution in [2.75, 3.05) is 31.9 Å². The molecule has 3 heterocycles. The number of carboxylic acid groups (broad SMARTS) is 1. The second kappa shape index (κ2) is 7.76. The van der Waals surface area contributed by atoms with E-state index in [4.69, 9.17) is 9.47 Å². The fourth-order valence-corrected chi connectivity index (χ4v) is 4.30. The van der Waals surface area contributed by atoms with Crippen LogP contribution >= 0.6 is 0 Å². The molecule has 1 aliphatic carbocycles. The summed E-state index contributed by atoms with van der Waals surface area (Å²) in [4.78, 5) is 26.2. The predicted molar refractivity (Wildman–Crippen MR) is 105 cm³/mol. The second-order valence-electron chi connectivity index (χ2n) is 7.83. The van der Waals surface area contributed by atoms with Gasteiger partial charge in [0.05, 0.1) is 23.5 Å². The van der Waals surface area contributed by atoms with Gasteiger partial charge < -0.3 is 19.5 Å². The predicted octanol–water partition coefficient (Wildman–Crippen LogP) is 2.91. The number of methoxy groups -OCH3 is 1. The fourth-order valence-electron chi connectivity index (χ4n) is 4.30. The molecule has 7 nitrogen and oxygen atoms in total. The highest BCUT2D eigenvalue weighted by Crippen LogP contribution is 2.44. The summed E-state index contributed by atoms with van der Waals surface area (Å²) in [6, 6.07) is 1.48. The van der Waals surface area contributed by atoms with Crippen molar-refractivity contribution in [3.63, 3.8) is 0 Å². The number of carboxylic acids is 1. The molecule has 0 radical (unpaired) electrons. The van der Waals surface area contributed by atoms with Crippen molar-refractivity contribution in [1.82, 2.24) is 4.40 Å². The summed E-state index contributed by atoms with van der Waals surface area (Å²) in [6.45, 7) is 3.33. The largest absolute Gasteiger partial charge is 0.477 e. The number of aryl methyl sites for hydroxylation is 1. The van der Waals surface area contributed by atoms with Crippen molar-refractivity contribution < 1.29 is 23.8 Å². The summed E-state index contributed by atoms with van der Waals surface area (Å²) in [5.41, 5.74) is 1.61. The third-order valence-electron chi connectivity index (χ3n) is 5.87. The molecular weight excluding hydrogens is 379 g/mol. The van der Waals surface area contributed by atoms with Gasteiger partial charge in [0.1, 0.15) is 12.4 Å². The maximum Gasteiger partial charge on any atom is 0.341 e. The van der Waals surface area contributed by atoms with Gasteiger partial charge in [-0.05, 0) is 55.7 Å². The zero-order valence-corrected chi connectivity index (χ0v) is 16.6. The smallest absolute Gasteiger partial charge is 0.341 e. The Labute approximate surface area is 167 Å². The third-order valence-corrected chi connectivity index (χ3v) is 5.87. The molecule has 2 fully saturated rings. The summed E-state index contributed by atoms with van der Waals surface area (Å²) < 4.78 is 26.9. The molecule has 0 unspecified atom stereocenters. The molecule has 0 spiro atoms. The lowest BCUT2D eigenvalue weighted by Gasteiger charge is -2.35. The Morgan fingerprint density at radius 1 is 1.28 bits per heavy atom. The Hall–Kier alpha value is -2.45. The number of anilines is 1. The summed E-state index contributed by atoms with van der Waals surface area (Å²) in [6.07, 6.45) is 4.63. The summed E-state index contributed by atoms with van der Waals surface area (Å²) in [5.74, 6) is -1.59. The average molecular weight is 404 g/mol. The number of hydrogen-bond donors (Lipinski definition) is 1. The molecule has 0 aromatic carbocycles. The number of halogens is 1. The molecule has 0 bridgehead atoms. The number of pyridine rings is 2. The normalized spacial score (nSPS) is 17.8. The molecule has 1 N–H and O–H groups in total. The first-order chi connectivity index (χ1) is 13.9. The topological polar surface area (TPSA) is 80.5 Å². The van der Waals surface area contributed by atoms with Crippen LogP contribution in [0.25, 0.3) is 5.52 Å². The summed E-state index contributed by atoms with van der Waals surface area (Å²) >= 11 is 0. The molecule has 0 amide bonds. The summed E-state index contributed by atoms with van der Waals surface area (Å²) in [7, 11) is 1.58. The van der Waals surface area contributed by atoms with E-state index in [2.05, 4.69) is 0 Å². The monoisotopic (exact) mass is 404 g/mol. The molecule has 4 rings (SSSR count). The molecule has 2 aromatic rings. The Bertz CT molecular complexity index is 1010. The number of carbonyl (C=O) groups is 1. The number of aromatic nitrogens is 1. The van der Waals surface area contributed by atoms with E-state index in [9.17, 15) is 14.7 Å². The van der Waals surface area contributed by atoms with E-state index in [1.807, 2.05) is 11.8 Å². The fraction of sp³-hybridized carbons (Fsp3) is 0.524. The van der Waals surface area contributed by atoms with Crippen LogP contribution in [0.4, 0.5) is 10.1 Å². The molecule has 1 saturated carbocycles. The van der Waals surface area contributed by atoms with Gasteiger partial charge in [0, 0.05) is 20.2 Å². The molecular formula is C21H25FN2O5. The molecule has 1 saturated heterocycles. The quantitative estimate of drug-likeness (QED) is 0.746. The molecule has 8 heteroatoms. The Morgan fingerprint density at radius 2 is 1.97 bits per heavy atom. The van der Waals surface area contributed by atoms with E-state index >= 15 is 4.39 Å². The van der Waals surface area contributed by atoms with Gasteiger partial charge in [-0.25, -0.2) is 9.18 Å². The minimum absolute atomic E-state index is 0.0813. The van der Waals surface area contributed by atoms with Gasteiger partial charge >= 0.3 is 5.97 Å². The van der Waals surface area contributed by atoms with Crippen molar-refractivity contribution in [2.45, 2.75) is 44.6 Å². The van der Waals surface area contributed by atoms with E-state index in [0.717, 1.165) is 37.4 Å². The molecule has 156 valence electrons. The van der Waals surface area contributed by atoms with Crippen molar-refractivity contribution in [3.05, 3.63) is 45.1 Å². The van der Waals surface area contributed by atoms with E-state index in [-0.39, 0.29) is 24.4 Å². The van der Waals surface area contributed by atoms with Gasteiger partial charge in [-0.1, -0.05) is 0 Å². The first-order valence-electron chi connectivity index (χ1n) is 9.89. The zero-order valence-electron chi connectivity index (χ0n) is 16.6. The molecule has 2 aromatic heterocycles. The summed E-state index contributed by atoms with van der Waals surface area (Å²) in [5, 5.41) is 9.40. The molecule has 0 atom stereocenters. The molecule has 1 aliphatic heterocycles. The minimum atomic E-state index is -1.29. The highest BCUT2D eigenvalue weighted by molar-refractivity contribution is 5.89. The van der Waals surface area contributed by atoms with Crippen LogP contribution in [0, 0.1) is 12.7 Å². The van der Waals surface area contributed by atoms with Crippen LogP contribution in [-0.2, 0) is 9.47 Å². The standard InChI is InChI=1S/C21H25FN2O5/c1-12-18-15(13-3-4-13)9-16(21(26)27)20(25)24(18)10-17(22)19(12)23-7-5-14(6-8-23)29-11-28-2/h9-10,13-14H,3-8,11H2,1-2H3,(H,26,27). The maximum atomic E-state index is 15.1. The van der Waals surface area contributed by atoms with Crippen LogP contribution in [0.2, 0.25) is 0 Å². The van der Waals surface area contributed by atoms with Crippen LogP contribution in [0.5, 0.6) is 0 Å². The van der Waals surface area contributed by atoms with Crippen LogP contribution in [-0.4, -0.2) is 48.6 Å². The van der Waals surface area contributed by atoms with Crippen LogP contribution < -0.4 is 10.5 Å². The SMILES string of the molecule is COCOC1CCN(c2c(F)cn3c(=O)c(C(=O)O)cc(C4CC4)c3c2C)CC1. The lowest BCUT2D eigenvalue weighted by molar-refractivity contribution is -0.0780. The van der Waals surface area contributed by atoms with Gasteiger partial charge in [-0.3, -0.25) is 9.20 Å².